The maximum atomic E-state index is 8.08. The molecule has 1 aromatic heterocycles. The minimum atomic E-state index is -0.226. The van der Waals surface area contributed by atoms with Gasteiger partial charge in [-0.3, -0.25) is 0 Å². The molecule has 0 aliphatic heterocycles. The molecule has 0 saturated carbocycles. The first-order valence-electron chi connectivity index (χ1n) is 14.0. The summed E-state index contributed by atoms with van der Waals surface area (Å²) in [6.07, 6.45) is 1.42. The van der Waals surface area contributed by atoms with Gasteiger partial charge in [0.2, 0.25) is 0 Å². The third kappa shape index (κ3) is 6.17. The highest BCUT2D eigenvalue weighted by atomic mass is 15.0. The topological polar surface area (TPSA) is 61.1 Å². The van der Waals surface area contributed by atoms with Crippen LogP contribution in [-0.2, 0) is 0 Å². The molecule has 0 radical (unpaired) electrons. The van der Waals surface area contributed by atoms with Crippen molar-refractivity contribution in [3.8, 4) is 0 Å². The van der Waals surface area contributed by atoms with E-state index in [0.717, 1.165) is 67.4 Å². The fourth-order valence-corrected chi connectivity index (χ4v) is 5.50. The molecule has 0 aliphatic rings. The highest BCUT2D eigenvalue weighted by Crippen LogP contribution is 2.31. The van der Waals surface area contributed by atoms with E-state index in [1.807, 2.05) is 48.5 Å². The van der Waals surface area contributed by atoms with E-state index in [-0.39, 0.29) is 6.04 Å². The van der Waals surface area contributed by atoms with E-state index in [4.69, 9.17) is 15.4 Å². The summed E-state index contributed by atoms with van der Waals surface area (Å²) in [4.78, 5) is 10.5. The lowest BCUT2D eigenvalue weighted by atomic mass is 9.98. The molecule has 0 amide bonds. The van der Waals surface area contributed by atoms with Gasteiger partial charge in [0.05, 0.1) is 28.8 Å². The molecule has 0 fully saturated rings. The molecular weight excluding hydrogens is 500 g/mol. The number of benzene rings is 4. The largest absolute Gasteiger partial charge is 0.372 e. The zero-order valence-electron chi connectivity index (χ0n) is 24.4. The second-order valence-corrected chi connectivity index (χ2v) is 10.7. The number of rotatable bonds is 8. The Labute approximate surface area is 243 Å². The summed E-state index contributed by atoms with van der Waals surface area (Å²) in [5.74, 6) is 0. The van der Waals surface area contributed by atoms with Crippen LogP contribution in [0.4, 0.5) is 11.4 Å². The van der Waals surface area contributed by atoms with Crippen LogP contribution < -0.4 is 5.32 Å². The minimum Gasteiger partial charge on any atom is -0.372 e. The monoisotopic (exact) mass is 536 g/mol. The van der Waals surface area contributed by atoms with Crippen LogP contribution >= 0.6 is 0 Å². The van der Waals surface area contributed by atoms with Crippen molar-refractivity contribution in [1.29, 1.82) is 5.41 Å². The van der Waals surface area contributed by atoms with Crippen molar-refractivity contribution in [2.24, 2.45) is 4.99 Å². The van der Waals surface area contributed by atoms with Gasteiger partial charge in [0.25, 0.3) is 0 Å². The van der Waals surface area contributed by atoms with Gasteiger partial charge in [-0.1, -0.05) is 96.1 Å². The highest BCUT2D eigenvalue weighted by Gasteiger charge is 2.20. The summed E-state index contributed by atoms with van der Waals surface area (Å²) in [5, 5.41) is 11.8. The molecule has 0 aliphatic carbocycles. The predicted octanol–water partition coefficient (Wildman–Crippen LogP) is 8.99. The lowest BCUT2D eigenvalue weighted by Crippen LogP contribution is -2.17. The smallest absolute Gasteiger partial charge is 0.0965 e. The molecule has 1 atom stereocenters. The molecule has 5 rings (SSSR count). The molecule has 4 heteroatoms. The first kappa shape index (κ1) is 27.7. The summed E-state index contributed by atoms with van der Waals surface area (Å²) in [5.41, 5.74) is 13.2. The SMILES string of the molecule is Cc1cc(C)c(N=C(c2ccccc2)c2cccc([C@H](Nc3c(C)cc(C)cc3C=N)c3ccccc3)n2)c(C)c1. The van der Waals surface area contributed by atoms with Gasteiger partial charge < -0.3 is 10.7 Å². The minimum absolute atomic E-state index is 0.226. The number of pyridine rings is 1. The summed E-state index contributed by atoms with van der Waals surface area (Å²) in [7, 11) is 0. The quantitative estimate of drug-likeness (QED) is 0.194. The molecule has 41 heavy (non-hydrogen) atoms. The van der Waals surface area contributed by atoms with Crippen molar-refractivity contribution >= 4 is 23.3 Å². The maximum Gasteiger partial charge on any atom is 0.0965 e. The van der Waals surface area contributed by atoms with Gasteiger partial charge >= 0.3 is 0 Å². The van der Waals surface area contributed by atoms with Gasteiger partial charge in [0, 0.05) is 23.0 Å². The summed E-state index contributed by atoms with van der Waals surface area (Å²) >= 11 is 0. The number of hydrogen-bond acceptors (Lipinski definition) is 4. The molecule has 4 nitrogen and oxygen atoms in total. The van der Waals surface area contributed by atoms with Crippen LogP contribution in [0.1, 0.15) is 61.9 Å². The fraction of sp³-hybridized carbons (Fsp3) is 0.162. The number of aryl methyl sites for hydroxylation is 5. The molecule has 5 aromatic rings. The first-order chi connectivity index (χ1) is 19.8. The highest BCUT2D eigenvalue weighted by molar-refractivity contribution is 6.13. The Morgan fingerprint density at radius 2 is 1.34 bits per heavy atom. The number of anilines is 1. The van der Waals surface area contributed by atoms with E-state index in [0.29, 0.717) is 0 Å². The van der Waals surface area contributed by atoms with E-state index in [9.17, 15) is 0 Å². The summed E-state index contributed by atoms with van der Waals surface area (Å²) < 4.78 is 0. The Morgan fingerprint density at radius 3 is 2.00 bits per heavy atom. The van der Waals surface area contributed by atoms with E-state index >= 15 is 0 Å². The van der Waals surface area contributed by atoms with Crippen molar-refractivity contribution in [3.63, 3.8) is 0 Å². The number of aliphatic imine (C=N–C) groups is 1. The van der Waals surface area contributed by atoms with Crippen LogP contribution in [-0.4, -0.2) is 16.9 Å². The van der Waals surface area contributed by atoms with Crippen LogP contribution in [0.25, 0.3) is 0 Å². The Balaban J connectivity index is 1.67. The molecule has 204 valence electrons. The number of nitrogens with one attached hydrogen (secondary N) is 2. The van der Waals surface area contributed by atoms with Crippen LogP contribution in [0.15, 0.2) is 108 Å². The number of nitrogens with zero attached hydrogens (tertiary/aromatic N) is 2. The molecular formula is C37H36N4. The van der Waals surface area contributed by atoms with Crippen LogP contribution in [0.5, 0.6) is 0 Å². The predicted molar refractivity (Wildman–Crippen MR) is 172 cm³/mol. The Morgan fingerprint density at radius 1 is 0.732 bits per heavy atom. The van der Waals surface area contributed by atoms with Crippen molar-refractivity contribution in [2.75, 3.05) is 5.32 Å². The van der Waals surface area contributed by atoms with E-state index in [1.165, 1.54) is 11.8 Å². The zero-order chi connectivity index (χ0) is 28.9. The number of aromatic nitrogens is 1. The molecule has 0 unspecified atom stereocenters. The summed E-state index contributed by atoms with van der Waals surface area (Å²) in [6, 6.07) is 35.1. The van der Waals surface area contributed by atoms with E-state index in [2.05, 4.69) is 94.5 Å². The third-order valence-corrected chi connectivity index (χ3v) is 7.30. The second kappa shape index (κ2) is 12.1. The normalized spacial score (nSPS) is 12.2. The molecule has 4 aromatic carbocycles. The molecule has 1 heterocycles. The van der Waals surface area contributed by atoms with Crippen LogP contribution in [0.3, 0.4) is 0 Å². The van der Waals surface area contributed by atoms with E-state index < -0.39 is 0 Å². The lowest BCUT2D eigenvalue weighted by molar-refractivity contribution is 0.882. The lowest BCUT2D eigenvalue weighted by Gasteiger charge is -2.24. The van der Waals surface area contributed by atoms with Crippen molar-refractivity contribution in [2.45, 2.75) is 40.7 Å². The molecule has 0 spiro atoms. The number of hydrogen-bond donors (Lipinski definition) is 2. The van der Waals surface area contributed by atoms with Crippen molar-refractivity contribution in [1.82, 2.24) is 4.98 Å². The van der Waals surface area contributed by atoms with Gasteiger partial charge in [0.1, 0.15) is 0 Å². The van der Waals surface area contributed by atoms with E-state index in [1.54, 1.807) is 0 Å². The van der Waals surface area contributed by atoms with Crippen molar-refractivity contribution in [3.05, 3.63) is 159 Å². The Kier molecular flexibility index (Phi) is 8.21. The van der Waals surface area contributed by atoms with Gasteiger partial charge in [-0.15, -0.1) is 0 Å². The van der Waals surface area contributed by atoms with Gasteiger partial charge in [-0.25, -0.2) is 9.98 Å². The van der Waals surface area contributed by atoms with Gasteiger partial charge in [0.15, 0.2) is 0 Å². The molecule has 2 N–H and O–H groups in total. The average molecular weight is 537 g/mol. The van der Waals surface area contributed by atoms with Crippen molar-refractivity contribution < 1.29 is 0 Å². The average Bonchev–Trinajstić information content (AvgIpc) is 2.97. The third-order valence-electron chi connectivity index (χ3n) is 7.30. The Hall–Kier alpha value is -4.83. The van der Waals surface area contributed by atoms with Crippen LogP contribution in [0.2, 0.25) is 0 Å². The Bertz CT molecular complexity index is 1700. The van der Waals surface area contributed by atoms with Crippen LogP contribution in [0, 0.1) is 40.0 Å². The summed E-state index contributed by atoms with van der Waals surface area (Å²) in [6.45, 7) is 10.5. The standard InChI is InChI=1S/C37H36N4/c1-24-19-26(3)34(27(4)20-24)40-36(29-13-8-6-9-14-29)32-17-12-18-33(39-32)37(30-15-10-7-11-16-30)41-35-28(5)21-25(2)22-31(35)23-38/h6-23,37-38,41H,1-5H3/t37-/m1/s1. The second-order valence-electron chi connectivity index (χ2n) is 10.7. The van der Waals surface area contributed by atoms with Gasteiger partial charge in [-0.2, -0.15) is 0 Å². The maximum absolute atomic E-state index is 8.08. The molecule has 0 saturated heterocycles. The fourth-order valence-electron chi connectivity index (χ4n) is 5.50. The first-order valence-corrected chi connectivity index (χ1v) is 14.0. The molecule has 0 bridgehead atoms. The zero-order valence-corrected chi connectivity index (χ0v) is 24.4. The van der Waals surface area contributed by atoms with Gasteiger partial charge in [-0.05, 0) is 75.1 Å².